The summed E-state index contributed by atoms with van der Waals surface area (Å²) in [5.74, 6) is 2.83. The van der Waals surface area contributed by atoms with Crippen molar-refractivity contribution >= 4 is 39.1 Å². The number of alkyl halides is 1. The monoisotopic (exact) mass is 807 g/mol. The van der Waals surface area contributed by atoms with Crippen LogP contribution in [0.25, 0.3) is 0 Å². The van der Waals surface area contributed by atoms with Crippen molar-refractivity contribution in [1.82, 2.24) is 0 Å². The number of phenols is 2. The van der Waals surface area contributed by atoms with Crippen LogP contribution in [-0.4, -0.2) is 32.9 Å². The van der Waals surface area contributed by atoms with Crippen molar-refractivity contribution in [1.29, 1.82) is 0 Å². The number of fused-ring (bicyclic) bond motifs is 2. The van der Waals surface area contributed by atoms with E-state index in [9.17, 15) is 10.2 Å². The van der Waals surface area contributed by atoms with Crippen LogP contribution in [0.2, 0.25) is 0 Å². The first-order valence-corrected chi connectivity index (χ1v) is 22.5. The van der Waals surface area contributed by atoms with Gasteiger partial charge < -0.3 is 19.7 Å². The van der Waals surface area contributed by atoms with E-state index in [4.69, 9.17) is 9.47 Å². The standard InChI is InChI=1S/C33H35O2P.C15H21BrO2/c1-24-25(2)32-30(26(3)31(24)34)20-21-33(4,35-32)22-23-36(27-14-8-5-9-15-27,28-16-10-6-11-17-28)29-18-12-7-13-19-29;1-9-10(2)14-12(11(3)13(9)17)5-6-15(4,18-14)7-8-16/h5-19H,20-23H2,1-4H3;17H,5-8H2,1-4H3/p+1. The fourth-order valence-electron chi connectivity index (χ4n) is 8.43. The molecule has 0 saturated carbocycles. The minimum absolute atomic E-state index is 0.0862. The van der Waals surface area contributed by atoms with E-state index in [1.165, 1.54) is 27.0 Å². The number of hydrogen-bond donors (Lipinski definition) is 2. The zero-order chi connectivity index (χ0) is 38.8. The van der Waals surface area contributed by atoms with Crippen molar-refractivity contribution in [3.05, 3.63) is 136 Å². The second kappa shape index (κ2) is 16.1. The fourth-order valence-corrected chi connectivity index (χ4v) is 13.8. The van der Waals surface area contributed by atoms with Crippen LogP contribution in [-0.2, 0) is 12.8 Å². The molecule has 284 valence electrons. The Bertz CT molecular complexity index is 2000. The van der Waals surface area contributed by atoms with E-state index < -0.39 is 7.26 Å². The molecule has 0 saturated heterocycles. The highest BCUT2D eigenvalue weighted by Gasteiger charge is 2.47. The molecule has 0 bridgehead atoms. The van der Waals surface area contributed by atoms with Crippen LogP contribution >= 0.6 is 23.2 Å². The summed E-state index contributed by atoms with van der Waals surface area (Å²) in [6.07, 6.45) is 6.86. The molecule has 2 unspecified atom stereocenters. The summed E-state index contributed by atoms with van der Waals surface area (Å²) in [7, 11) is -1.91. The molecule has 2 atom stereocenters. The molecule has 0 fully saturated rings. The van der Waals surface area contributed by atoms with Gasteiger partial charge in [-0.15, -0.1) is 0 Å². The highest BCUT2D eigenvalue weighted by atomic mass is 79.9. The van der Waals surface area contributed by atoms with E-state index in [0.717, 1.165) is 94.9 Å². The third kappa shape index (κ3) is 7.56. The van der Waals surface area contributed by atoms with Gasteiger partial charge in [0.1, 0.15) is 57.4 Å². The summed E-state index contributed by atoms with van der Waals surface area (Å²) in [6, 6.07) is 33.2. The van der Waals surface area contributed by atoms with Gasteiger partial charge in [-0.05, 0) is 157 Å². The van der Waals surface area contributed by atoms with Gasteiger partial charge in [0.15, 0.2) is 0 Å². The van der Waals surface area contributed by atoms with E-state index in [1.54, 1.807) is 0 Å². The highest BCUT2D eigenvalue weighted by molar-refractivity contribution is 9.09. The van der Waals surface area contributed by atoms with Gasteiger partial charge in [0.2, 0.25) is 0 Å². The molecule has 2 N–H and O–H groups in total. The van der Waals surface area contributed by atoms with Crippen LogP contribution in [0.5, 0.6) is 23.0 Å². The van der Waals surface area contributed by atoms with Crippen molar-refractivity contribution in [3.63, 3.8) is 0 Å². The second-order valence-electron chi connectivity index (χ2n) is 15.9. The van der Waals surface area contributed by atoms with Crippen molar-refractivity contribution in [3.8, 4) is 23.0 Å². The van der Waals surface area contributed by atoms with Crippen molar-refractivity contribution in [2.45, 2.75) is 105 Å². The Kier molecular flexibility index (Phi) is 11.9. The first kappa shape index (κ1) is 39.9. The third-order valence-electron chi connectivity index (χ3n) is 12.4. The lowest BCUT2D eigenvalue weighted by molar-refractivity contribution is 0.0607. The van der Waals surface area contributed by atoms with Crippen LogP contribution in [0.15, 0.2) is 91.0 Å². The highest BCUT2D eigenvalue weighted by Crippen LogP contribution is 2.57. The Morgan fingerprint density at radius 3 is 1.24 bits per heavy atom. The summed E-state index contributed by atoms with van der Waals surface area (Å²) in [5.41, 5.74) is 7.95. The first-order chi connectivity index (χ1) is 25.7. The Hall–Kier alpha value is -3.79. The predicted molar refractivity (Wildman–Crippen MR) is 232 cm³/mol. The smallest absolute Gasteiger partial charge is 0.127 e. The molecule has 0 amide bonds. The topological polar surface area (TPSA) is 58.9 Å². The molecular formula is C48H57BrO4P+. The molecule has 0 aliphatic carbocycles. The largest absolute Gasteiger partial charge is 0.507 e. The van der Waals surface area contributed by atoms with Crippen LogP contribution in [0.4, 0.5) is 0 Å². The third-order valence-corrected chi connectivity index (χ3v) is 17.2. The minimum atomic E-state index is -1.91. The Morgan fingerprint density at radius 1 is 0.537 bits per heavy atom. The number of halogens is 1. The van der Waals surface area contributed by atoms with Gasteiger partial charge in [0, 0.05) is 22.9 Å². The Morgan fingerprint density at radius 2 is 0.889 bits per heavy atom. The van der Waals surface area contributed by atoms with Gasteiger partial charge in [0.05, 0.1) is 6.16 Å². The Labute approximate surface area is 332 Å². The van der Waals surface area contributed by atoms with Gasteiger partial charge in [-0.25, -0.2) is 0 Å². The SMILES string of the molecule is Cc1c(C)c2c(c(C)c1O)CCC(C)(CCBr)O2.Cc1c(C)c2c(c(C)c1O)CCC(C)(CC[P+](c1ccccc1)(c1ccccc1)c1ccccc1)O2. The molecule has 2 heterocycles. The number of aromatic hydroxyl groups is 2. The van der Waals surface area contributed by atoms with Gasteiger partial charge in [-0.3, -0.25) is 0 Å². The summed E-state index contributed by atoms with van der Waals surface area (Å²) >= 11 is 3.50. The summed E-state index contributed by atoms with van der Waals surface area (Å²) in [6.45, 7) is 16.5. The lowest BCUT2D eigenvalue weighted by atomic mass is 9.86. The van der Waals surface area contributed by atoms with Crippen molar-refractivity contribution in [2.75, 3.05) is 11.5 Å². The molecule has 5 aromatic rings. The van der Waals surface area contributed by atoms with Crippen LogP contribution < -0.4 is 25.4 Å². The molecule has 5 aromatic carbocycles. The van der Waals surface area contributed by atoms with E-state index in [2.05, 4.69) is 128 Å². The lowest BCUT2D eigenvalue weighted by Gasteiger charge is -2.39. The number of phenolic OH excluding ortho intramolecular Hbond substituents is 2. The van der Waals surface area contributed by atoms with E-state index in [-0.39, 0.29) is 11.2 Å². The first-order valence-electron chi connectivity index (χ1n) is 19.4. The summed E-state index contributed by atoms with van der Waals surface area (Å²) < 4.78 is 13.1. The van der Waals surface area contributed by atoms with E-state index >= 15 is 0 Å². The fraction of sp³-hybridized carbons (Fsp3) is 0.375. The molecular weight excluding hydrogens is 751 g/mol. The maximum absolute atomic E-state index is 10.6. The number of benzene rings is 5. The molecule has 2 aliphatic rings. The molecule has 0 radical (unpaired) electrons. The number of rotatable bonds is 8. The van der Waals surface area contributed by atoms with Crippen LogP contribution in [0.1, 0.15) is 84.0 Å². The zero-order valence-electron chi connectivity index (χ0n) is 33.4. The van der Waals surface area contributed by atoms with Crippen LogP contribution in [0, 0.1) is 41.5 Å². The van der Waals surface area contributed by atoms with Crippen LogP contribution in [0.3, 0.4) is 0 Å². The van der Waals surface area contributed by atoms with E-state index in [0.29, 0.717) is 11.5 Å². The zero-order valence-corrected chi connectivity index (χ0v) is 35.8. The molecule has 0 spiro atoms. The average molecular weight is 809 g/mol. The molecule has 6 heteroatoms. The van der Waals surface area contributed by atoms with Gasteiger partial charge >= 0.3 is 0 Å². The van der Waals surface area contributed by atoms with Gasteiger partial charge in [-0.2, -0.15) is 0 Å². The van der Waals surface area contributed by atoms with Crippen molar-refractivity contribution < 1.29 is 19.7 Å². The number of hydrogen-bond acceptors (Lipinski definition) is 4. The quantitative estimate of drug-likeness (QED) is 0.121. The molecule has 7 rings (SSSR count). The molecule has 4 nitrogen and oxygen atoms in total. The normalized spacial score (nSPS) is 19.1. The summed E-state index contributed by atoms with van der Waals surface area (Å²) in [4.78, 5) is 0. The maximum Gasteiger partial charge on any atom is 0.127 e. The maximum atomic E-state index is 10.6. The molecule has 0 aromatic heterocycles. The minimum Gasteiger partial charge on any atom is -0.507 e. The second-order valence-corrected chi connectivity index (χ2v) is 20.3. The Balaban J connectivity index is 0.000000232. The number of ether oxygens (including phenoxy) is 2. The average Bonchev–Trinajstić information content (AvgIpc) is 3.19. The van der Waals surface area contributed by atoms with Gasteiger partial charge in [-0.1, -0.05) is 70.5 Å². The predicted octanol–water partition coefficient (Wildman–Crippen LogP) is 11.0. The van der Waals surface area contributed by atoms with Crippen molar-refractivity contribution in [2.24, 2.45) is 0 Å². The molecule has 54 heavy (non-hydrogen) atoms. The lowest BCUT2D eigenvalue weighted by Crippen LogP contribution is -2.41. The van der Waals surface area contributed by atoms with Gasteiger partial charge in [0.25, 0.3) is 0 Å². The summed E-state index contributed by atoms with van der Waals surface area (Å²) in [5, 5.41) is 25.9. The molecule has 2 aliphatic heterocycles. The van der Waals surface area contributed by atoms with E-state index in [1.807, 2.05) is 34.6 Å².